The van der Waals surface area contributed by atoms with Crippen molar-refractivity contribution in [3.05, 3.63) is 66.4 Å². The van der Waals surface area contributed by atoms with Crippen LogP contribution in [-0.4, -0.2) is 28.8 Å². The van der Waals surface area contributed by atoms with Crippen LogP contribution >= 0.6 is 0 Å². The number of aromatic nitrogens is 1. The number of carbonyl (C=O) groups is 1. The van der Waals surface area contributed by atoms with E-state index in [0.29, 0.717) is 6.42 Å². The van der Waals surface area contributed by atoms with E-state index in [2.05, 4.69) is 52.3 Å². The van der Waals surface area contributed by atoms with Crippen molar-refractivity contribution in [1.82, 2.24) is 9.88 Å². The third-order valence-corrected chi connectivity index (χ3v) is 5.61. The van der Waals surface area contributed by atoms with Gasteiger partial charge in [-0.2, -0.15) is 0 Å². The van der Waals surface area contributed by atoms with Crippen molar-refractivity contribution in [2.24, 2.45) is 5.92 Å². The molecular weight excluding hydrogens is 336 g/mol. The zero-order valence-corrected chi connectivity index (χ0v) is 15.6. The molecule has 3 aromatic rings. The summed E-state index contributed by atoms with van der Waals surface area (Å²) in [5.74, 6) is 1.00. The number of Topliss-reactive ketones (excluding diaryl/α,β-unsaturated/α-hetero) is 1. The van der Waals surface area contributed by atoms with Gasteiger partial charge in [-0.25, -0.2) is 4.98 Å². The molecule has 1 aromatic heterocycles. The van der Waals surface area contributed by atoms with Crippen LogP contribution in [0.2, 0.25) is 0 Å². The van der Waals surface area contributed by atoms with Crippen molar-refractivity contribution in [3.8, 4) is 0 Å². The quantitative estimate of drug-likeness (QED) is 0.549. The molecule has 1 saturated heterocycles. The molecule has 1 aliphatic rings. The zero-order valence-electron chi connectivity index (χ0n) is 15.6. The molecule has 0 unspecified atom stereocenters. The molecule has 1 aliphatic heterocycles. The molecule has 0 radical (unpaired) electrons. The molecule has 0 atom stereocenters. The van der Waals surface area contributed by atoms with E-state index in [4.69, 9.17) is 4.42 Å². The molecule has 0 amide bonds. The Hall–Kier alpha value is -2.46. The fraction of sp³-hybridized carbons (Fsp3) is 0.391. The number of hydrogen-bond acceptors (Lipinski definition) is 4. The van der Waals surface area contributed by atoms with Crippen LogP contribution in [0.15, 0.2) is 59.3 Å². The Morgan fingerprint density at radius 3 is 2.70 bits per heavy atom. The highest BCUT2D eigenvalue weighted by Crippen LogP contribution is 2.25. The van der Waals surface area contributed by atoms with Gasteiger partial charge in [-0.3, -0.25) is 9.69 Å². The van der Waals surface area contributed by atoms with Crippen LogP contribution in [0.4, 0.5) is 0 Å². The highest BCUT2D eigenvalue weighted by Gasteiger charge is 2.20. The molecule has 140 valence electrons. The summed E-state index contributed by atoms with van der Waals surface area (Å²) in [5.41, 5.74) is 1.39. The average Bonchev–Trinajstić information content (AvgIpc) is 3.24. The van der Waals surface area contributed by atoms with Gasteiger partial charge in [0.05, 0.1) is 6.20 Å². The summed E-state index contributed by atoms with van der Waals surface area (Å²) in [6, 6.07) is 15.3. The second kappa shape index (κ2) is 8.49. The normalized spacial score (nSPS) is 16.0. The number of piperidine rings is 1. The van der Waals surface area contributed by atoms with Gasteiger partial charge in [-0.15, -0.1) is 0 Å². The largest absolute Gasteiger partial charge is 0.442 e. The molecule has 0 saturated carbocycles. The van der Waals surface area contributed by atoms with Gasteiger partial charge in [0.25, 0.3) is 5.89 Å². The van der Waals surface area contributed by atoms with Gasteiger partial charge >= 0.3 is 0 Å². The topological polar surface area (TPSA) is 46.3 Å². The number of likely N-dealkylation sites (tertiary alicyclic amines) is 1. The van der Waals surface area contributed by atoms with Gasteiger partial charge in [0.2, 0.25) is 5.78 Å². The molecule has 0 bridgehead atoms. The predicted octanol–water partition coefficient (Wildman–Crippen LogP) is 5.09. The van der Waals surface area contributed by atoms with Gasteiger partial charge in [0, 0.05) is 13.0 Å². The number of benzene rings is 2. The maximum atomic E-state index is 11.9. The lowest BCUT2D eigenvalue weighted by molar-refractivity contribution is 0.0940. The summed E-state index contributed by atoms with van der Waals surface area (Å²) < 4.78 is 5.07. The zero-order chi connectivity index (χ0) is 18.5. The molecule has 0 N–H and O–H groups in total. The number of nitrogens with zero attached hydrogens (tertiary/aromatic N) is 2. The minimum Gasteiger partial charge on any atom is -0.442 e. The molecule has 4 nitrogen and oxygen atoms in total. The Labute approximate surface area is 160 Å². The van der Waals surface area contributed by atoms with Crippen LogP contribution in [-0.2, 0) is 6.54 Å². The van der Waals surface area contributed by atoms with Gasteiger partial charge in [-0.1, -0.05) is 36.4 Å². The SMILES string of the molecule is O=C(CCCC1CCN(Cc2ccc3ccccc3c2)CC1)c1ncco1. The van der Waals surface area contributed by atoms with Gasteiger partial charge < -0.3 is 4.42 Å². The maximum absolute atomic E-state index is 11.9. The average molecular weight is 362 g/mol. The molecule has 1 fully saturated rings. The monoisotopic (exact) mass is 362 g/mol. The predicted molar refractivity (Wildman–Crippen MR) is 107 cm³/mol. The Bertz CT molecular complexity index is 880. The second-order valence-electron chi connectivity index (χ2n) is 7.55. The fourth-order valence-corrected chi connectivity index (χ4v) is 4.05. The Morgan fingerprint density at radius 2 is 1.93 bits per heavy atom. The number of fused-ring (bicyclic) bond motifs is 1. The first-order chi connectivity index (χ1) is 13.3. The Kier molecular flexibility index (Phi) is 5.64. The van der Waals surface area contributed by atoms with Crippen molar-refractivity contribution in [3.63, 3.8) is 0 Å². The number of ketones is 1. The van der Waals surface area contributed by atoms with Crippen molar-refractivity contribution >= 4 is 16.6 Å². The summed E-state index contributed by atoms with van der Waals surface area (Å²) in [6.45, 7) is 3.32. The smallest absolute Gasteiger partial charge is 0.263 e. The summed E-state index contributed by atoms with van der Waals surface area (Å²) in [6.07, 6.45) is 8.02. The van der Waals surface area contributed by atoms with Crippen LogP contribution in [0.5, 0.6) is 0 Å². The van der Waals surface area contributed by atoms with Crippen LogP contribution in [0, 0.1) is 5.92 Å². The van der Waals surface area contributed by atoms with Crippen LogP contribution < -0.4 is 0 Å². The standard InChI is InChI=1S/C23H26N2O2/c26-22(23-24-12-15-27-23)7-3-4-18-10-13-25(14-11-18)17-19-8-9-20-5-1-2-6-21(20)16-19/h1-2,5-6,8-9,12,15-16,18H,3-4,7,10-11,13-14,17H2. The van der Waals surface area contributed by atoms with Crippen LogP contribution in [0.1, 0.15) is 48.4 Å². The minimum atomic E-state index is 0.0220. The summed E-state index contributed by atoms with van der Waals surface area (Å²) in [7, 11) is 0. The summed E-state index contributed by atoms with van der Waals surface area (Å²) >= 11 is 0. The third-order valence-electron chi connectivity index (χ3n) is 5.61. The van der Waals surface area contributed by atoms with Crippen molar-refractivity contribution in [1.29, 1.82) is 0 Å². The van der Waals surface area contributed by atoms with E-state index in [0.717, 1.165) is 38.4 Å². The fourth-order valence-electron chi connectivity index (χ4n) is 4.05. The van der Waals surface area contributed by atoms with E-state index in [9.17, 15) is 4.79 Å². The third kappa shape index (κ3) is 4.64. The Balaban J connectivity index is 1.21. The molecular formula is C23H26N2O2. The molecule has 0 spiro atoms. The maximum Gasteiger partial charge on any atom is 0.263 e. The molecule has 0 aliphatic carbocycles. The number of oxazole rings is 1. The van der Waals surface area contributed by atoms with Gasteiger partial charge in [0.1, 0.15) is 6.26 Å². The van der Waals surface area contributed by atoms with Gasteiger partial charge in [-0.05, 0) is 67.1 Å². The first kappa shape index (κ1) is 17.9. The first-order valence-electron chi connectivity index (χ1n) is 9.91. The molecule has 4 heteroatoms. The van der Waals surface area contributed by atoms with E-state index in [1.807, 2.05) is 0 Å². The second-order valence-corrected chi connectivity index (χ2v) is 7.55. The van der Waals surface area contributed by atoms with E-state index < -0.39 is 0 Å². The van der Waals surface area contributed by atoms with Gasteiger partial charge in [0.15, 0.2) is 0 Å². The first-order valence-corrected chi connectivity index (χ1v) is 9.91. The van der Waals surface area contributed by atoms with Crippen LogP contribution in [0.25, 0.3) is 10.8 Å². The molecule has 2 heterocycles. The molecule has 2 aromatic carbocycles. The lowest BCUT2D eigenvalue weighted by Gasteiger charge is -2.32. The highest BCUT2D eigenvalue weighted by atomic mass is 16.3. The number of carbonyl (C=O) groups excluding carboxylic acids is 1. The van der Waals surface area contributed by atoms with Crippen LogP contribution in [0.3, 0.4) is 0 Å². The Morgan fingerprint density at radius 1 is 1.11 bits per heavy atom. The number of hydrogen-bond donors (Lipinski definition) is 0. The van der Waals surface area contributed by atoms with E-state index in [1.54, 1.807) is 0 Å². The number of rotatable bonds is 7. The van der Waals surface area contributed by atoms with Crippen molar-refractivity contribution < 1.29 is 9.21 Å². The van der Waals surface area contributed by atoms with Crippen molar-refractivity contribution in [2.75, 3.05) is 13.1 Å². The minimum absolute atomic E-state index is 0.0220. The summed E-state index contributed by atoms with van der Waals surface area (Å²) in [5, 5.41) is 2.62. The summed E-state index contributed by atoms with van der Waals surface area (Å²) in [4.78, 5) is 18.4. The molecule has 4 rings (SSSR count). The lowest BCUT2D eigenvalue weighted by Crippen LogP contribution is -2.33. The van der Waals surface area contributed by atoms with E-state index >= 15 is 0 Å². The van der Waals surface area contributed by atoms with E-state index in [1.165, 1.54) is 41.6 Å². The molecule has 27 heavy (non-hydrogen) atoms. The van der Waals surface area contributed by atoms with Crippen molar-refractivity contribution in [2.45, 2.75) is 38.6 Å². The lowest BCUT2D eigenvalue weighted by atomic mass is 9.91. The highest BCUT2D eigenvalue weighted by molar-refractivity contribution is 5.91. The van der Waals surface area contributed by atoms with E-state index in [-0.39, 0.29) is 11.7 Å².